The summed E-state index contributed by atoms with van der Waals surface area (Å²) in [5.74, 6) is 0.913. The van der Waals surface area contributed by atoms with E-state index in [4.69, 9.17) is 4.74 Å². The molecule has 1 N–H and O–H groups in total. The van der Waals surface area contributed by atoms with Gasteiger partial charge in [-0.25, -0.2) is 0 Å². The number of hydrogen-bond acceptors (Lipinski definition) is 2. The van der Waals surface area contributed by atoms with Crippen molar-refractivity contribution in [1.29, 1.82) is 0 Å². The van der Waals surface area contributed by atoms with Crippen molar-refractivity contribution in [2.45, 2.75) is 13.0 Å². The van der Waals surface area contributed by atoms with E-state index in [0.29, 0.717) is 0 Å². The van der Waals surface area contributed by atoms with Crippen molar-refractivity contribution in [3.8, 4) is 5.75 Å². The van der Waals surface area contributed by atoms with Crippen LogP contribution in [0, 0.1) is 3.57 Å². The standard InChI is InChI=1S/C16H18INO/c1-19-16-8-4-13(5-9-16)10-11-18-12-14-2-6-15(17)7-3-14/h2-9,18H,10-12H2,1H3. The van der Waals surface area contributed by atoms with Gasteiger partial charge in [-0.2, -0.15) is 0 Å². The van der Waals surface area contributed by atoms with E-state index in [2.05, 4.69) is 64.3 Å². The maximum atomic E-state index is 5.15. The highest BCUT2D eigenvalue weighted by Crippen LogP contribution is 2.11. The molecule has 3 heteroatoms. The number of rotatable bonds is 6. The average molecular weight is 367 g/mol. The SMILES string of the molecule is COc1ccc(CCNCc2ccc(I)cc2)cc1. The van der Waals surface area contributed by atoms with E-state index in [1.165, 1.54) is 14.7 Å². The van der Waals surface area contributed by atoms with Crippen LogP contribution >= 0.6 is 22.6 Å². The Morgan fingerprint density at radius 2 is 1.58 bits per heavy atom. The second-order valence-electron chi connectivity index (χ2n) is 4.40. The fourth-order valence-corrected chi connectivity index (χ4v) is 2.22. The molecule has 0 heterocycles. The summed E-state index contributed by atoms with van der Waals surface area (Å²) in [6, 6.07) is 16.9. The highest BCUT2D eigenvalue weighted by atomic mass is 127. The lowest BCUT2D eigenvalue weighted by molar-refractivity contribution is 0.414. The first-order valence-corrected chi connectivity index (χ1v) is 7.44. The molecule has 0 aliphatic heterocycles. The molecular formula is C16H18INO. The summed E-state index contributed by atoms with van der Waals surface area (Å²) in [5, 5.41) is 3.46. The van der Waals surface area contributed by atoms with Crippen molar-refractivity contribution in [1.82, 2.24) is 5.32 Å². The van der Waals surface area contributed by atoms with Crippen molar-refractivity contribution in [2.75, 3.05) is 13.7 Å². The van der Waals surface area contributed by atoms with E-state index in [0.717, 1.165) is 25.3 Å². The minimum absolute atomic E-state index is 0.913. The summed E-state index contributed by atoms with van der Waals surface area (Å²) < 4.78 is 6.42. The fraction of sp³-hybridized carbons (Fsp3) is 0.250. The van der Waals surface area contributed by atoms with Gasteiger partial charge in [0.1, 0.15) is 5.75 Å². The van der Waals surface area contributed by atoms with Crippen LogP contribution in [0.3, 0.4) is 0 Å². The summed E-state index contributed by atoms with van der Waals surface area (Å²) in [5.41, 5.74) is 2.66. The predicted octanol–water partition coefficient (Wildman–Crippen LogP) is 3.63. The molecule has 0 amide bonds. The smallest absolute Gasteiger partial charge is 0.118 e. The lowest BCUT2D eigenvalue weighted by atomic mass is 10.1. The highest BCUT2D eigenvalue weighted by Gasteiger charge is 1.96. The molecule has 0 atom stereocenters. The van der Waals surface area contributed by atoms with Gasteiger partial charge in [0.25, 0.3) is 0 Å². The van der Waals surface area contributed by atoms with Crippen LogP contribution in [0.5, 0.6) is 5.75 Å². The van der Waals surface area contributed by atoms with Gasteiger partial charge in [-0.1, -0.05) is 24.3 Å². The quantitative estimate of drug-likeness (QED) is 0.622. The predicted molar refractivity (Wildman–Crippen MR) is 87.6 cm³/mol. The Morgan fingerprint density at radius 1 is 0.947 bits per heavy atom. The second kappa shape index (κ2) is 7.50. The van der Waals surface area contributed by atoms with Gasteiger partial charge in [0.05, 0.1) is 7.11 Å². The molecule has 2 aromatic rings. The molecule has 19 heavy (non-hydrogen) atoms. The van der Waals surface area contributed by atoms with Gasteiger partial charge in [-0.15, -0.1) is 0 Å². The molecule has 0 aliphatic carbocycles. The zero-order valence-electron chi connectivity index (χ0n) is 11.0. The summed E-state index contributed by atoms with van der Waals surface area (Å²) in [7, 11) is 1.69. The number of methoxy groups -OCH3 is 1. The first-order valence-electron chi connectivity index (χ1n) is 6.36. The molecule has 0 saturated carbocycles. The highest BCUT2D eigenvalue weighted by molar-refractivity contribution is 14.1. The Labute approximate surface area is 128 Å². The Kier molecular flexibility index (Phi) is 5.66. The lowest BCUT2D eigenvalue weighted by Gasteiger charge is -2.06. The van der Waals surface area contributed by atoms with Crippen LogP contribution in [-0.2, 0) is 13.0 Å². The summed E-state index contributed by atoms with van der Waals surface area (Å²) >= 11 is 2.32. The van der Waals surface area contributed by atoms with E-state index in [1.54, 1.807) is 7.11 Å². The lowest BCUT2D eigenvalue weighted by Crippen LogP contribution is -2.16. The first kappa shape index (κ1) is 14.3. The van der Waals surface area contributed by atoms with E-state index >= 15 is 0 Å². The third kappa shape index (κ3) is 4.84. The number of ether oxygens (including phenoxy) is 1. The minimum atomic E-state index is 0.913. The first-order chi connectivity index (χ1) is 9.28. The maximum absolute atomic E-state index is 5.15. The van der Waals surface area contributed by atoms with E-state index in [9.17, 15) is 0 Å². The molecule has 0 aliphatic rings. The van der Waals surface area contributed by atoms with Crippen molar-refractivity contribution in [3.63, 3.8) is 0 Å². The van der Waals surface area contributed by atoms with E-state index < -0.39 is 0 Å². The molecule has 2 nitrogen and oxygen atoms in total. The zero-order chi connectivity index (χ0) is 13.5. The summed E-state index contributed by atoms with van der Waals surface area (Å²) in [6.45, 7) is 1.91. The monoisotopic (exact) mass is 367 g/mol. The molecule has 100 valence electrons. The van der Waals surface area contributed by atoms with Gasteiger partial charge in [0.2, 0.25) is 0 Å². The van der Waals surface area contributed by atoms with Gasteiger partial charge in [0, 0.05) is 10.1 Å². The molecule has 0 fully saturated rings. The Bertz CT molecular complexity index is 493. The normalized spacial score (nSPS) is 10.4. The average Bonchev–Trinajstić information content (AvgIpc) is 2.46. The number of halogens is 1. The molecule has 0 saturated heterocycles. The fourth-order valence-electron chi connectivity index (χ4n) is 1.86. The molecule has 0 unspecified atom stereocenters. The van der Waals surface area contributed by atoms with Gasteiger partial charge >= 0.3 is 0 Å². The number of hydrogen-bond donors (Lipinski definition) is 1. The molecule has 2 aromatic carbocycles. The van der Waals surface area contributed by atoms with E-state index in [1.807, 2.05) is 12.1 Å². The Morgan fingerprint density at radius 3 is 2.21 bits per heavy atom. The van der Waals surface area contributed by atoms with Crippen LogP contribution in [0.2, 0.25) is 0 Å². The van der Waals surface area contributed by atoms with Crippen LogP contribution in [0.4, 0.5) is 0 Å². The van der Waals surface area contributed by atoms with Crippen LogP contribution in [-0.4, -0.2) is 13.7 Å². The molecule has 0 aromatic heterocycles. The molecule has 0 bridgehead atoms. The molecule has 2 rings (SSSR count). The summed E-state index contributed by atoms with van der Waals surface area (Å²) in [6.07, 6.45) is 1.04. The van der Waals surface area contributed by atoms with Crippen molar-refractivity contribution >= 4 is 22.6 Å². The topological polar surface area (TPSA) is 21.3 Å². The van der Waals surface area contributed by atoms with Crippen molar-refractivity contribution < 1.29 is 4.74 Å². The number of benzene rings is 2. The third-order valence-corrected chi connectivity index (χ3v) is 3.71. The Hall–Kier alpha value is -1.07. The van der Waals surface area contributed by atoms with Gasteiger partial charge in [-0.05, 0) is 70.9 Å². The maximum Gasteiger partial charge on any atom is 0.118 e. The van der Waals surface area contributed by atoms with Crippen LogP contribution in [0.15, 0.2) is 48.5 Å². The van der Waals surface area contributed by atoms with Gasteiger partial charge in [-0.3, -0.25) is 0 Å². The molecular weight excluding hydrogens is 349 g/mol. The molecule has 0 radical (unpaired) electrons. The van der Waals surface area contributed by atoms with Crippen LogP contribution in [0.1, 0.15) is 11.1 Å². The van der Waals surface area contributed by atoms with Crippen LogP contribution < -0.4 is 10.1 Å². The zero-order valence-corrected chi connectivity index (χ0v) is 13.2. The minimum Gasteiger partial charge on any atom is -0.497 e. The van der Waals surface area contributed by atoms with Gasteiger partial charge < -0.3 is 10.1 Å². The summed E-state index contributed by atoms with van der Waals surface area (Å²) in [4.78, 5) is 0. The van der Waals surface area contributed by atoms with Crippen molar-refractivity contribution in [3.05, 3.63) is 63.2 Å². The second-order valence-corrected chi connectivity index (χ2v) is 5.65. The Balaban J connectivity index is 1.72. The number of nitrogens with one attached hydrogen (secondary N) is 1. The van der Waals surface area contributed by atoms with Gasteiger partial charge in [0.15, 0.2) is 0 Å². The van der Waals surface area contributed by atoms with Crippen molar-refractivity contribution in [2.24, 2.45) is 0 Å². The van der Waals surface area contributed by atoms with Crippen LogP contribution in [0.25, 0.3) is 0 Å². The third-order valence-electron chi connectivity index (χ3n) is 2.99. The molecule has 0 spiro atoms. The van der Waals surface area contributed by atoms with E-state index in [-0.39, 0.29) is 0 Å². The largest absolute Gasteiger partial charge is 0.497 e.